The van der Waals surface area contributed by atoms with Crippen molar-refractivity contribution < 1.29 is 13.2 Å². The van der Waals surface area contributed by atoms with E-state index in [0.717, 1.165) is 23.3 Å². The number of hydrogen-bond acceptors (Lipinski definition) is 4. The monoisotopic (exact) mass is 337 g/mol. The van der Waals surface area contributed by atoms with Gasteiger partial charge in [-0.05, 0) is 37.3 Å². The maximum absolute atomic E-state index is 12.6. The van der Waals surface area contributed by atoms with E-state index < -0.39 is 10.0 Å². The van der Waals surface area contributed by atoms with Gasteiger partial charge in [0.25, 0.3) is 10.0 Å². The summed E-state index contributed by atoms with van der Waals surface area (Å²) in [7, 11) is -1.67. The molecule has 0 amide bonds. The van der Waals surface area contributed by atoms with Crippen LogP contribution < -0.4 is 0 Å². The highest BCUT2D eigenvalue weighted by Gasteiger charge is 2.30. The second kappa shape index (κ2) is 6.75. The highest BCUT2D eigenvalue weighted by molar-refractivity contribution is 7.91. The van der Waals surface area contributed by atoms with Gasteiger partial charge in [0.2, 0.25) is 0 Å². The average molecular weight is 338 g/mol. The Balaban J connectivity index is 2.11. The highest BCUT2D eigenvalue weighted by Crippen LogP contribution is 2.31. The molecule has 0 spiro atoms. The van der Waals surface area contributed by atoms with Gasteiger partial charge in [0.1, 0.15) is 4.21 Å². The zero-order valence-corrected chi connectivity index (χ0v) is 14.2. The van der Waals surface area contributed by atoms with E-state index in [4.69, 9.17) is 16.3 Å². The van der Waals surface area contributed by atoms with Crippen molar-refractivity contribution in [2.75, 3.05) is 26.8 Å². The number of halogens is 1. The third-order valence-electron chi connectivity index (χ3n) is 3.69. The Morgan fingerprint density at radius 1 is 1.45 bits per heavy atom. The Kier molecular flexibility index (Phi) is 5.48. The fourth-order valence-electron chi connectivity index (χ4n) is 2.43. The number of ether oxygens (including phenoxy) is 1. The van der Waals surface area contributed by atoms with Gasteiger partial charge in [-0.2, -0.15) is 4.31 Å². The Morgan fingerprint density at radius 2 is 2.10 bits per heavy atom. The summed E-state index contributed by atoms with van der Waals surface area (Å²) in [6, 6.07) is 1.74. The fourth-order valence-corrected chi connectivity index (χ4v) is 5.87. The van der Waals surface area contributed by atoms with Crippen LogP contribution in [0, 0.1) is 12.8 Å². The first-order valence-corrected chi connectivity index (χ1v) is 9.42. The summed E-state index contributed by atoms with van der Waals surface area (Å²) in [5, 5.41) is 0. The minimum atomic E-state index is -3.36. The highest BCUT2D eigenvalue weighted by atomic mass is 35.5. The van der Waals surface area contributed by atoms with E-state index in [1.165, 1.54) is 11.3 Å². The van der Waals surface area contributed by atoms with Crippen molar-refractivity contribution >= 4 is 33.0 Å². The van der Waals surface area contributed by atoms with Gasteiger partial charge in [-0.15, -0.1) is 22.9 Å². The van der Waals surface area contributed by atoms with E-state index in [0.29, 0.717) is 35.7 Å². The lowest BCUT2D eigenvalue weighted by molar-refractivity contribution is 0.121. The Hall–Kier alpha value is -0.140. The van der Waals surface area contributed by atoms with Crippen LogP contribution in [-0.4, -0.2) is 39.5 Å². The Morgan fingerprint density at radius 3 is 2.60 bits per heavy atom. The zero-order chi connectivity index (χ0) is 14.8. The minimum Gasteiger partial charge on any atom is -0.384 e. The topological polar surface area (TPSA) is 46.6 Å². The predicted octanol–water partition coefficient (Wildman–Crippen LogP) is 2.84. The first kappa shape index (κ1) is 16.2. The molecule has 0 bridgehead atoms. The summed E-state index contributed by atoms with van der Waals surface area (Å²) in [5.41, 5.74) is 0.956. The summed E-state index contributed by atoms with van der Waals surface area (Å²) >= 11 is 7.11. The number of sulfonamides is 1. The van der Waals surface area contributed by atoms with Crippen molar-refractivity contribution in [2.24, 2.45) is 5.92 Å². The molecule has 1 saturated heterocycles. The summed E-state index contributed by atoms with van der Waals surface area (Å²) in [5.74, 6) is 0.831. The molecule has 0 unspecified atom stereocenters. The van der Waals surface area contributed by atoms with Crippen molar-refractivity contribution in [3.8, 4) is 0 Å². The Labute approximate surface area is 129 Å². The van der Waals surface area contributed by atoms with Gasteiger partial charge in [-0.3, -0.25) is 0 Å². The summed E-state index contributed by atoms with van der Waals surface area (Å²) in [4.78, 5) is 0.930. The van der Waals surface area contributed by atoms with E-state index in [-0.39, 0.29) is 0 Å². The van der Waals surface area contributed by atoms with Crippen molar-refractivity contribution in [1.29, 1.82) is 0 Å². The lowest BCUT2D eigenvalue weighted by atomic mass is 9.99. The summed E-state index contributed by atoms with van der Waals surface area (Å²) in [6.07, 6.45) is 1.72. The molecule has 0 N–H and O–H groups in total. The molecule has 1 fully saturated rings. The van der Waals surface area contributed by atoms with E-state index in [1.54, 1.807) is 17.5 Å². The van der Waals surface area contributed by atoms with Crippen molar-refractivity contribution in [1.82, 2.24) is 4.31 Å². The summed E-state index contributed by atoms with van der Waals surface area (Å²) in [6.45, 7) is 3.76. The van der Waals surface area contributed by atoms with Gasteiger partial charge < -0.3 is 4.74 Å². The molecule has 1 aliphatic heterocycles. The van der Waals surface area contributed by atoms with Crippen LogP contribution in [0.4, 0.5) is 0 Å². The van der Waals surface area contributed by atoms with Gasteiger partial charge in [0.05, 0.1) is 5.88 Å². The molecular weight excluding hydrogens is 318 g/mol. The molecule has 1 aromatic heterocycles. The second-order valence-corrected chi connectivity index (χ2v) is 8.68. The van der Waals surface area contributed by atoms with E-state index in [9.17, 15) is 8.42 Å². The first-order valence-electron chi connectivity index (χ1n) is 6.63. The number of rotatable bonds is 5. The van der Waals surface area contributed by atoms with Gasteiger partial charge in [0, 0.05) is 31.7 Å². The molecule has 1 aromatic rings. The van der Waals surface area contributed by atoms with Crippen LogP contribution in [-0.2, 0) is 20.6 Å². The molecule has 114 valence electrons. The number of aryl methyl sites for hydroxylation is 1. The Bertz CT molecular complexity index is 548. The van der Waals surface area contributed by atoms with Crippen LogP contribution in [0.1, 0.15) is 23.3 Å². The molecular formula is C13H20ClNO3S2. The number of thiophene rings is 1. The molecule has 4 nitrogen and oxygen atoms in total. The maximum Gasteiger partial charge on any atom is 0.252 e. The van der Waals surface area contributed by atoms with E-state index in [1.807, 2.05) is 6.92 Å². The first-order chi connectivity index (χ1) is 9.48. The average Bonchev–Trinajstić information content (AvgIpc) is 2.82. The van der Waals surface area contributed by atoms with Crippen molar-refractivity contribution in [3.63, 3.8) is 0 Å². The number of piperidine rings is 1. The number of nitrogens with zero attached hydrogens (tertiary/aromatic N) is 1. The van der Waals surface area contributed by atoms with Crippen LogP contribution in [0.15, 0.2) is 10.3 Å². The van der Waals surface area contributed by atoms with Gasteiger partial charge in [0.15, 0.2) is 0 Å². The van der Waals surface area contributed by atoms with Crippen molar-refractivity contribution in [2.45, 2.75) is 29.9 Å². The van der Waals surface area contributed by atoms with Gasteiger partial charge in [-0.25, -0.2) is 8.42 Å². The van der Waals surface area contributed by atoms with Crippen molar-refractivity contribution in [3.05, 3.63) is 16.5 Å². The molecule has 0 atom stereocenters. The quantitative estimate of drug-likeness (QED) is 0.776. The number of hydrogen-bond donors (Lipinski definition) is 0. The standard InChI is InChI=1S/C13H20ClNO3S2/c1-10-7-13(19-12(10)8-14)20(16,17)15-5-3-11(4-6-15)9-18-2/h7,11H,3-6,8-9H2,1-2H3. The SMILES string of the molecule is COCC1CCN(S(=O)(=O)c2cc(C)c(CCl)s2)CC1. The molecule has 0 aliphatic carbocycles. The van der Waals surface area contributed by atoms with E-state index in [2.05, 4.69) is 0 Å². The predicted molar refractivity (Wildman–Crippen MR) is 82.0 cm³/mol. The largest absolute Gasteiger partial charge is 0.384 e. The number of alkyl halides is 1. The van der Waals surface area contributed by atoms with Crippen LogP contribution >= 0.6 is 22.9 Å². The number of methoxy groups -OCH3 is 1. The molecule has 0 radical (unpaired) electrons. The zero-order valence-electron chi connectivity index (χ0n) is 11.8. The van der Waals surface area contributed by atoms with Gasteiger partial charge in [-0.1, -0.05) is 0 Å². The molecule has 20 heavy (non-hydrogen) atoms. The maximum atomic E-state index is 12.6. The molecule has 2 heterocycles. The smallest absolute Gasteiger partial charge is 0.252 e. The van der Waals surface area contributed by atoms with Crippen LogP contribution in [0.3, 0.4) is 0 Å². The molecule has 7 heteroatoms. The fraction of sp³-hybridized carbons (Fsp3) is 0.692. The molecule has 0 saturated carbocycles. The van der Waals surface area contributed by atoms with Crippen LogP contribution in [0.5, 0.6) is 0 Å². The summed E-state index contributed by atoms with van der Waals surface area (Å²) < 4.78 is 32.3. The third kappa shape index (κ3) is 3.36. The third-order valence-corrected chi connectivity index (χ3v) is 7.70. The van der Waals surface area contributed by atoms with Crippen LogP contribution in [0.25, 0.3) is 0 Å². The van der Waals surface area contributed by atoms with E-state index >= 15 is 0 Å². The minimum absolute atomic E-state index is 0.363. The molecule has 2 rings (SSSR count). The van der Waals surface area contributed by atoms with Crippen LogP contribution in [0.2, 0.25) is 0 Å². The lowest BCUT2D eigenvalue weighted by Crippen LogP contribution is -2.39. The van der Waals surface area contributed by atoms with Gasteiger partial charge >= 0.3 is 0 Å². The normalized spacial score (nSPS) is 18.6. The second-order valence-electron chi connectivity index (χ2n) is 5.11. The lowest BCUT2D eigenvalue weighted by Gasteiger charge is -2.30. The molecule has 0 aromatic carbocycles. The molecule has 1 aliphatic rings.